The predicted molar refractivity (Wildman–Crippen MR) is 66.4 cm³/mol. The molecule has 2 aliphatic rings. The highest BCUT2D eigenvalue weighted by Gasteiger charge is 2.40. The Morgan fingerprint density at radius 1 is 1.39 bits per heavy atom. The van der Waals surface area contributed by atoms with Gasteiger partial charge in [0.15, 0.2) is 0 Å². The third kappa shape index (κ3) is 2.37. The zero-order valence-electron chi connectivity index (χ0n) is 10.2. The van der Waals surface area contributed by atoms with E-state index in [0.717, 1.165) is 11.8 Å². The Bertz CT molecular complexity index is 446. The molecule has 0 spiro atoms. The van der Waals surface area contributed by atoms with Crippen LogP contribution in [0, 0.1) is 23.7 Å². The number of fused-ring (bicyclic) bond motifs is 2. The van der Waals surface area contributed by atoms with Crippen molar-refractivity contribution < 1.29 is 9.18 Å². The minimum atomic E-state index is -0.527. The van der Waals surface area contributed by atoms with Crippen molar-refractivity contribution in [2.75, 3.05) is 5.32 Å². The molecular weight excluding hydrogens is 231 g/mol. The van der Waals surface area contributed by atoms with E-state index in [1.165, 1.54) is 37.9 Å². The molecule has 1 heterocycles. The molecule has 3 unspecified atom stereocenters. The normalized spacial score (nSPS) is 29.5. The van der Waals surface area contributed by atoms with E-state index in [9.17, 15) is 9.18 Å². The smallest absolute Gasteiger partial charge is 0.224 e. The largest absolute Gasteiger partial charge is 0.325 e. The van der Waals surface area contributed by atoms with E-state index in [1.54, 1.807) is 6.07 Å². The first kappa shape index (κ1) is 11.6. The molecule has 2 bridgehead atoms. The maximum Gasteiger partial charge on any atom is 0.224 e. The number of halogens is 1. The number of pyridine rings is 1. The van der Waals surface area contributed by atoms with Crippen LogP contribution in [0.1, 0.15) is 32.1 Å². The monoisotopic (exact) mass is 248 g/mol. The highest BCUT2D eigenvalue weighted by atomic mass is 19.1. The number of hydrogen-bond acceptors (Lipinski definition) is 2. The lowest BCUT2D eigenvalue weighted by atomic mass is 9.86. The molecular formula is C14H17FN2O. The summed E-state index contributed by atoms with van der Waals surface area (Å²) in [6, 6.07) is 2.80. The Balaban J connectivity index is 1.54. The van der Waals surface area contributed by atoms with Gasteiger partial charge in [0.1, 0.15) is 0 Å². The second-order valence-corrected chi connectivity index (χ2v) is 5.56. The van der Waals surface area contributed by atoms with Crippen molar-refractivity contribution in [3.8, 4) is 0 Å². The minimum Gasteiger partial charge on any atom is -0.325 e. The SMILES string of the molecule is O=C(CC1CC2CCC1C2)Nc1ccc(F)nc1. The van der Waals surface area contributed by atoms with E-state index in [4.69, 9.17) is 0 Å². The predicted octanol–water partition coefficient (Wildman–Crippen LogP) is 2.99. The fourth-order valence-corrected chi connectivity index (χ4v) is 3.53. The van der Waals surface area contributed by atoms with Crippen molar-refractivity contribution >= 4 is 11.6 Å². The fraction of sp³-hybridized carbons (Fsp3) is 0.571. The molecule has 0 saturated heterocycles. The maximum absolute atomic E-state index is 12.6. The highest BCUT2D eigenvalue weighted by Crippen LogP contribution is 2.49. The number of carbonyl (C=O) groups excluding carboxylic acids is 1. The number of amides is 1. The van der Waals surface area contributed by atoms with E-state index in [2.05, 4.69) is 10.3 Å². The summed E-state index contributed by atoms with van der Waals surface area (Å²) in [5, 5.41) is 2.79. The van der Waals surface area contributed by atoms with Crippen LogP contribution in [-0.4, -0.2) is 10.9 Å². The number of nitrogens with one attached hydrogen (secondary N) is 1. The van der Waals surface area contributed by atoms with Crippen LogP contribution < -0.4 is 5.32 Å². The zero-order valence-corrected chi connectivity index (χ0v) is 10.2. The second-order valence-electron chi connectivity index (χ2n) is 5.56. The quantitative estimate of drug-likeness (QED) is 0.835. The van der Waals surface area contributed by atoms with E-state index < -0.39 is 5.95 Å². The van der Waals surface area contributed by atoms with Crippen LogP contribution in [0.15, 0.2) is 18.3 Å². The van der Waals surface area contributed by atoms with Gasteiger partial charge < -0.3 is 5.32 Å². The van der Waals surface area contributed by atoms with Gasteiger partial charge >= 0.3 is 0 Å². The molecule has 0 radical (unpaired) electrons. The van der Waals surface area contributed by atoms with Gasteiger partial charge in [0.05, 0.1) is 11.9 Å². The van der Waals surface area contributed by atoms with Gasteiger partial charge in [-0.2, -0.15) is 4.39 Å². The maximum atomic E-state index is 12.6. The summed E-state index contributed by atoms with van der Waals surface area (Å²) in [5.74, 6) is 1.67. The summed E-state index contributed by atoms with van der Waals surface area (Å²) in [4.78, 5) is 15.4. The molecule has 1 N–H and O–H groups in total. The van der Waals surface area contributed by atoms with Gasteiger partial charge in [-0.3, -0.25) is 4.79 Å². The summed E-state index contributed by atoms with van der Waals surface area (Å²) in [6.07, 6.45) is 7.12. The molecule has 2 aliphatic carbocycles. The third-order valence-corrected chi connectivity index (χ3v) is 4.34. The molecule has 0 aliphatic heterocycles. The lowest BCUT2D eigenvalue weighted by molar-refractivity contribution is -0.117. The van der Waals surface area contributed by atoms with Crippen molar-refractivity contribution in [3.05, 3.63) is 24.3 Å². The van der Waals surface area contributed by atoms with Crippen LogP contribution in [0.4, 0.5) is 10.1 Å². The first-order valence-corrected chi connectivity index (χ1v) is 6.62. The molecule has 96 valence electrons. The van der Waals surface area contributed by atoms with E-state index in [-0.39, 0.29) is 5.91 Å². The fourth-order valence-electron chi connectivity index (χ4n) is 3.53. The third-order valence-electron chi connectivity index (χ3n) is 4.34. The second kappa shape index (κ2) is 4.67. The molecule has 0 aromatic carbocycles. The van der Waals surface area contributed by atoms with Gasteiger partial charge in [-0.1, -0.05) is 6.42 Å². The number of nitrogens with zero attached hydrogens (tertiary/aromatic N) is 1. The van der Waals surface area contributed by atoms with Gasteiger partial charge in [0.25, 0.3) is 0 Å². The Morgan fingerprint density at radius 2 is 2.28 bits per heavy atom. The van der Waals surface area contributed by atoms with Crippen molar-refractivity contribution in [2.45, 2.75) is 32.1 Å². The first-order chi connectivity index (χ1) is 8.70. The summed E-state index contributed by atoms with van der Waals surface area (Å²) in [7, 11) is 0. The summed E-state index contributed by atoms with van der Waals surface area (Å²) < 4.78 is 12.6. The lowest BCUT2D eigenvalue weighted by Gasteiger charge is -2.20. The number of rotatable bonds is 3. The molecule has 18 heavy (non-hydrogen) atoms. The average Bonchev–Trinajstić information content (AvgIpc) is 2.94. The van der Waals surface area contributed by atoms with Crippen molar-refractivity contribution in [1.29, 1.82) is 0 Å². The molecule has 1 amide bonds. The summed E-state index contributed by atoms with van der Waals surface area (Å²) >= 11 is 0. The summed E-state index contributed by atoms with van der Waals surface area (Å²) in [6.45, 7) is 0. The van der Waals surface area contributed by atoms with Gasteiger partial charge in [-0.15, -0.1) is 0 Å². The topological polar surface area (TPSA) is 42.0 Å². The Kier molecular flexibility index (Phi) is 3.02. The van der Waals surface area contributed by atoms with Gasteiger partial charge in [-0.05, 0) is 49.1 Å². The van der Waals surface area contributed by atoms with Crippen LogP contribution in [0.25, 0.3) is 0 Å². The van der Waals surface area contributed by atoms with Crippen molar-refractivity contribution in [1.82, 2.24) is 4.98 Å². The van der Waals surface area contributed by atoms with Crippen LogP contribution >= 0.6 is 0 Å². The molecule has 4 heteroatoms. The zero-order chi connectivity index (χ0) is 12.5. The lowest BCUT2D eigenvalue weighted by Crippen LogP contribution is -2.20. The van der Waals surface area contributed by atoms with E-state index >= 15 is 0 Å². The minimum absolute atomic E-state index is 0.0287. The Hall–Kier alpha value is -1.45. The number of anilines is 1. The molecule has 2 fully saturated rings. The van der Waals surface area contributed by atoms with Gasteiger partial charge in [0, 0.05) is 6.42 Å². The number of hydrogen-bond donors (Lipinski definition) is 1. The Morgan fingerprint density at radius 3 is 2.89 bits per heavy atom. The standard InChI is InChI=1S/C14H17FN2O/c15-13-4-3-12(8-16-13)17-14(18)7-11-6-9-1-2-10(11)5-9/h3-4,8-11H,1-2,5-7H2,(H,17,18). The van der Waals surface area contributed by atoms with Crippen LogP contribution in [-0.2, 0) is 4.79 Å². The number of aromatic nitrogens is 1. The van der Waals surface area contributed by atoms with E-state index in [1.807, 2.05) is 0 Å². The van der Waals surface area contributed by atoms with Crippen LogP contribution in [0.2, 0.25) is 0 Å². The molecule has 3 atom stereocenters. The van der Waals surface area contributed by atoms with Gasteiger partial charge in [0.2, 0.25) is 11.9 Å². The molecule has 3 nitrogen and oxygen atoms in total. The molecule has 1 aromatic rings. The first-order valence-electron chi connectivity index (χ1n) is 6.62. The average molecular weight is 248 g/mol. The highest BCUT2D eigenvalue weighted by molar-refractivity contribution is 5.90. The molecule has 1 aromatic heterocycles. The van der Waals surface area contributed by atoms with Crippen LogP contribution in [0.3, 0.4) is 0 Å². The van der Waals surface area contributed by atoms with Crippen molar-refractivity contribution in [2.24, 2.45) is 17.8 Å². The van der Waals surface area contributed by atoms with Gasteiger partial charge in [-0.25, -0.2) is 4.98 Å². The Labute approximate surface area is 106 Å². The summed E-state index contributed by atoms with van der Waals surface area (Å²) in [5.41, 5.74) is 0.574. The van der Waals surface area contributed by atoms with Crippen molar-refractivity contribution in [3.63, 3.8) is 0 Å². The molecule has 2 saturated carbocycles. The molecule has 3 rings (SSSR count). The van der Waals surface area contributed by atoms with E-state index in [0.29, 0.717) is 18.0 Å². The van der Waals surface area contributed by atoms with Crippen LogP contribution in [0.5, 0.6) is 0 Å². The number of carbonyl (C=O) groups is 1.